The molecule has 0 unspecified atom stereocenters. The summed E-state index contributed by atoms with van der Waals surface area (Å²) < 4.78 is 7.08. The lowest BCUT2D eigenvalue weighted by atomic mass is 10.1. The highest BCUT2D eigenvalue weighted by molar-refractivity contribution is 5.68. The second-order valence-electron chi connectivity index (χ2n) is 3.53. The van der Waals surface area contributed by atoms with Gasteiger partial charge in [-0.15, -0.1) is 0 Å². The van der Waals surface area contributed by atoms with Gasteiger partial charge in [-0.05, 0) is 23.8 Å². The van der Waals surface area contributed by atoms with E-state index in [0.29, 0.717) is 0 Å². The Morgan fingerprint density at radius 2 is 2.19 bits per heavy atom. The SMILES string of the molecule is COc1ccc(CO)cc1-c1ccnn1C. The highest BCUT2D eigenvalue weighted by Crippen LogP contribution is 2.30. The first-order valence-corrected chi connectivity index (χ1v) is 5.02. The molecule has 0 saturated heterocycles. The molecule has 1 aromatic heterocycles. The third-order valence-electron chi connectivity index (χ3n) is 2.54. The fourth-order valence-electron chi connectivity index (χ4n) is 1.69. The lowest BCUT2D eigenvalue weighted by molar-refractivity contribution is 0.281. The summed E-state index contributed by atoms with van der Waals surface area (Å²) in [7, 11) is 3.51. The summed E-state index contributed by atoms with van der Waals surface area (Å²) in [5.41, 5.74) is 2.76. The first-order valence-electron chi connectivity index (χ1n) is 5.02. The molecule has 0 fully saturated rings. The van der Waals surface area contributed by atoms with Gasteiger partial charge in [0.25, 0.3) is 0 Å². The number of aliphatic hydroxyl groups excluding tert-OH is 1. The van der Waals surface area contributed by atoms with Crippen LogP contribution in [0.2, 0.25) is 0 Å². The maximum Gasteiger partial charge on any atom is 0.128 e. The predicted octanol–water partition coefficient (Wildman–Crippen LogP) is 1.59. The smallest absolute Gasteiger partial charge is 0.128 e. The van der Waals surface area contributed by atoms with Crippen molar-refractivity contribution >= 4 is 0 Å². The zero-order valence-electron chi connectivity index (χ0n) is 9.34. The normalized spacial score (nSPS) is 10.4. The molecule has 84 valence electrons. The number of hydrogen-bond acceptors (Lipinski definition) is 3. The molecular weight excluding hydrogens is 204 g/mol. The van der Waals surface area contributed by atoms with Gasteiger partial charge in [-0.1, -0.05) is 6.07 Å². The highest BCUT2D eigenvalue weighted by atomic mass is 16.5. The summed E-state index contributed by atoms with van der Waals surface area (Å²) in [5.74, 6) is 0.779. The van der Waals surface area contributed by atoms with Gasteiger partial charge in [-0.2, -0.15) is 5.10 Å². The van der Waals surface area contributed by atoms with Gasteiger partial charge < -0.3 is 9.84 Å². The molecule has 4 nitrogen and oxygen atoms in total. The monoisotopic (exact) mass is 218 g/mol. The second kappa shape index (κ2) is 4.37. The highest BCUT2D eigenvalue weighted by Gasteiger charge is 2.09. The zero-order chi connectivity index (χ0) is 11.5. The Labute approximate surface area is 94.1 Å². The summed E-state index contributed by atoms with van der Waals surface area (Å²) in [6, 6.07) is 7.53. The van der Waals surface area contributed by atoms with Crippen LogP contribution in [0.1, 0.15) is 5.56 Å². The van der Waals surface area contributed by atoms with Crippen molar-refractivity contribution in [2.75, 3.05) is 7.11 Å². The molecule has 0 atom stereocenters. The molecule has 0 aliphatic rings. The number of hydrogen-bond donors (Lipinski definition) is 1. The molecule has 0 spiro atoms. The number of benzene rings is 1. The number of nitrogens with zero attached hydrogens (tertiary/aromatic N) is 2. The Hall–Kier alpha value is -1.81. The van der Waals surface area contributed by atoms with Gasteiger partial charge in [0.05, 0.1) is 19.4 Å². The Balaban J connectivity index is 2.57. The van der Waals surface area contributed by atoms with E-state index in [9.17, 15) is 0 Å². The lowest BCUT2D eigenvalue weighted by Crippen LogP contribution is -1.97. The predicted molar refractivity (Wildman–Crippen MR) is 61.1 cm³/mol. The third-order valence-corrected chi connectivity index (χ3v) is 2.54. The minimum atomic E-state index is 0.0227. The van der Waals surface area contributed by atoms with E-state index in [2.05, 4.69) is 5.10 Å². The summed E-state index contributed by atoms with van der Waals surface area (Å²) >= 11 is 0. The average Bonchev–Trinajstić information content (AvgIpc) is 2.74. The quantitative estimate of drug-likeness (QED) is 0.851. The zero-order valence-corrected chi connectivity index (χ0v) is 9.34. The van der Waals surface area contributed by atoms with Gasteiger partial charge in [-0.25, -0.2) is 0 Å². The van der Waals surface area contributed by atoms with Crippen molar-refractivity contribution in [2.24, 2.45) is 7.05 Å². The minimum Gasteiger partial charge on any atom is -0.496 e. The first-order chi connectivity index (χ1) is 7.76. The molecule has 1 heterocycles. The van der Waals surface area contributed by atoms with Crippen molar-refractivity contribution < 1.29 is 9.84 Å². The molecule has 0 saturated carbocycles. The van der Waals surface area contributed by atoms with Crippen molar-refractivity contribution in [2.45, 2.75) is 6.61 Å². The fraction of sp³-hybridized carbons (Fsp3) is 0.250. The van der Waals surface area contributed by atoms with Crippen LogP contribution in [-0.4, -0.2) is 22.0 Å². The molecule has 1 N–H and O–H groups in total. The van der Waals surface area contributed by atoms with Crippen LogP contribution in [0.25, 0.3) is 11.3 Å². The van der Waals surface area contributed by atoms with Crippen LogP contribution in [0.5, 0.6) is 5.75 Å². The lowest BCUT2D eigenvalue weighted by Gasteiger charge is -2.10. The van der Waals surface area contributed by atoms with Crippen molar-refractivity contribution in [3.05, 3.63) is 36.0 Å². The van der Waals surface area contributed by atoms with Crippen LogP contribution in [-0.2, 0) is 13.7 Å². The average molecular weight is 218 g/mol. The van der Waals surface area contributed by atoms with E-state index in [1.165, 1.54) is 0 Å². The molecule has 0 aliphatic carbocycles. The Morgan fingerprint density at radius 3 is 2.75 bits per heavy atom. The van der Waals surface area contributed by atoms with Crippen LogP contribution in [0.3, 0.4) is 0 Å². The van der Waals surface area contributed by atoms with Crippen molar-refractivity contribution in [1.82, 2.24) is 9.78 Å². The molecule has 0 bridgehead atoms. The fourth-order valence-corrected chi connectivity index (χ4v) is 1.69. The van der Waals surface area contributed by atoms with Crippen LogP contribution in [0, 0.1) is 0 Å². The molecular formula is C12H14N2O2. The van der Waals surface area contributed by atoms with E-state index in [0.717, 1.165) is 22.6 Å². The molecule has 2 aromatic rings. The van der Waals surface area contributed by atoms with Gasteiger partial charge in [0.15, 0.2) is 0 Å². The molecule has 4 heteroatoms. The van der Waals surface area contributed by atoms with Crippen LogP contribution >= 0.6 is 0 Å². The largest absolute Gasteiger partial charge is 0.496 e. The molecule has 0 radical (unpaired) electrons. The molecule has 16 heavy (non-hydrogen) atoms. The van der Waals surface area contributed by atoms with Gasteiger partial charge in [0, 0.05) is 18.8 Å². The number of aromatic nitrogens is 2. The van der Waals surface area contributed by atoms with E-state index in [4.69, 9.17) is 9.84 Å². The summed E-state index contributed by atoms with van der Waals surface area (Å²) in [6.45, 7) is 0.0227. The van der Waals surface area contributed by atoms with Gasteiger partial charge >= 0.3 is 0 Å². The number of aliphatic hydroxyl groups is 1. The van der Waals surface area contributed by atoms with Crippen molar-refractivity contribution in [3.8, 4) is 17.0 Å². The summed E-state index contributed by atoms with van der Waals surface area (Å²) in [4.78, 5) is 0. The van der Waals surface area contributed by atoms with E-state index < -0.39 is 0 Å². The van der Waals surface area contributed by atoms with E-state index >= 15 is 0 Å². The van der Waals surface area contributed by atoms with Crippen molar-refractivity contribution in [3.63, 3.8) is 0 Å². The standard InChI is InChI=1S/C12H14N2O2/c1-14-11(5-6-13-14)10-7-9(8-15)3-4-12(10)16-2/h3-7,15H,8H2,1-2H3. The van der Waals surface area contributed by atoms with Crippen LogP contribution in [0.4, 0.5) is 0 Å². The van der Waals surface area contributed by atoms with Crippen LogP contribution < -0.4 is 4.74 Å². The maximum absolute atomic E-state index is 9.13. The Morgan fingerprint density at radius 1 is 1.38 bits per heavy atom. The number of aryl methyl sites for hydroxylation is 1. The second-order valence-corrected chi connectivity index (χ2v) is 3.53. The van der Waals surface area contributed by atoms with Crippen LogP contribution in [0.15, 0.2) is 30.5 Å². The minimum absolute atomic E-state index is 0.0227. The molecule has 0 aliphatic heterocycles. The molecule has 2 rings (SSSR count). The maximum atomic E-state index is 9.13. The number of methoxy groups -OCH3 is 1. The number of ether oxygens (including phenoxy) is 1. The summed E-state index contributed by atoms with van der Waals surface area (Å²) in [6.07, 6.45) is 1.74. The van der Waals surface area contributed by atoms with E-state index in [1.54, 1.807) is 18.0 Å². The Bertz CT molecular complexity index is 492. The first kappa shape index (κ1) is 10.7. The number of rotatable bonds is 3. The third kappa shape index (κ3) is 1.79. The van der Waals surface area contributed by atoms with Gasteiger partial charge in [0.1, 0.15) is 5.75 Å². The summed E-state index contributed by atoms with van der Waals surface area (Å²) in [5, 5.41) is 13.3. The van der Waals surface area contributed by atoms with Crippen molar-refractivity contribution in [1.29, 1.82) is 0 Å². The Kier molecular flexibility index (Phi) is 2.92. The van der Waals surface area contributed by atoms with Gasteiger partial charge in [0.2, 0.25) is 0 Å². The topological polar surface area (TPSA) is 47.3 Å². The van der Waals surface area contributed by atoms with E-state index in [-0.39, 0.29) is 6.61 Å². The van der Waals surface area contributed by atoms with Gasteiger partial charge in [-0.3, -0.25) is 4.68 Å². The van der Waals surface area contributed by atoms with E-state index in [1.807, 2.05) is 31.3 Å². The molecule has 1 aromatic carbocycles. The molecule has 0 amide bonds.